The second-order valence-corrected chi connectivity index (χ2v) is 6.23. The third-order valence-electron chi connectivity index (χ3n) is 3.51. The van der Waals surface area contributed by atoms with Crippen molar-refractivity contribution in [3.8, 4) is 5.75 Å². The van der Waals surface area contributed by atoms with Gasteiger partial charge in [-0.3, -0.25) is 9.69 Å². The first-order valence-corrected chi connectivity index (χ1v) is 8.51. The van der Waals surface area contributed by atoms with E-state index in [1.165, 1.54) is 11.3 Å². The van der Waals surface area contributed by atoms with Crippen molar-refractivity contribution >= 4 is 28.1 Å². The number of aryl methyl sites for hydroxylation is 2. The van der Waals surface area contributed by atoms with E-state index in [1.54, 1.807) is 4.90 Å². The van der Waals surface area contributed by atoms with Crippen LogP contribution in [-0.4, -0.2) is 17.5 Å². The summed E-state index contributed by atoms with van der Waals surface area (Å²) in [5, 5.41) is 2.58. The van der Waals surface area contributed by atoms with Gasteiger partial charge in [0, 0.05) is 5.38 Å². The number of benzene rings is 2. The van der Waals surface area contributed by atoms with Gasteiger partial charge in [0.1, 0.15) is 5.75 Å². The molecule has 0 N–H and O–H groups in total. The molecule has 0 radical (unpaired) electrons. The SMILES string of the molecule is Cc1csc(N(C(=O)COc2ccccc2C)c2ccccc2)n1. The van der Waals surface area contributed by atoms with Gasteiger partial charge in [0.05, 0.1) is 11.4 Å². The molecule has 0 fully saturated rings. The molecule has 4 nitrogen and oxygen atoms in total. The minimum Gasteiger partial charge on any atom is -0.483 e. The summed E-state index contributed by atoms with van der Waals surface area (Å²) in [6.07, 6.45) is 0. The number of hydrogen-bond acceptors (Lipinski definition) is 4. The molecular weight excluding hydrogens is 320 g/mol. The molecular formula is C19H18N2O2S. The fourth-order valence-electron chi connectivity index (χ4n) is 2.30. The van der Waals surface area contributed by atoms with Crippen LogP contribution in [0.1, 0.15) is 11.3 Å². The molecule has 0 spiro atoms. The first-order chi connectivity index (χ1) is 11.6. The number of rotatable bonds is 5. The van der Waals surface area contributed by atoms with Crippen LogP contribution in [0.5, 0.6) is 5.75 Å². The van der Waals surface area contributed by atoms with E-state index >= 15 is 0 Å². The van der Waals surface area contributed by atoms with Crippen molar-refractivity contribution in [1.29, 1.82) is 0 Å². The molecule has 3 aromatic rings. The van der Waals surface area contributed by atoms with E-state index in [0.29, 0.717) is 10.9 Å². The second kappa shape index (κ2) is 7.27. The fraction of sp³-hybridized carbons (Fsp3) is 0.158. The van der Waals surface area contributed by atoms with E-state index in [4.69, 9.17) is 4.74 Å². The summed E-state index contributed by atoms with van der Waals surface area (Å²) in [7, 11) is 0. The van der Waals surface area contributed by atoms with Gasteiger partial charge in [-0.05, 0) is 37.6 Å². The van der Waals surface area contributed by atoms with Gasteiger partial charge < -0.3 is 4.74 Å². The Morgan fingerprint density at radius 3 is 2.46 bits per heavy atom. The minimum absolute atomic E-state index is 0.0433. The van der Waals surface area contributed by atoms with Gasteiger partial charge in [0.15, 0.2) is 11.7 Å². The largest absolute Gasteiger partial charge is 0.483 e. The van der Waals surface area contributed by atoms with Gasteiger partial charge in [-0.15, -0.1) is 11.3 Å². The summed E-state index contributed by atoms with van der Waals surface area (Å²) < 4.78 is 5.71. The summed E-state index contributed by atoms with van der Waals surface area (Å²) >= 11 is 1.44. The van der Waals surface area contributed by atoms with Crippen molar-refractivity contribution < 1.29 is 9.53 Å². The predicted molar refractivity (Wildman–Crippen MR) is 97.1 cm³/mol. The zero-order chi connectivity index (χ0) is 16.9. The Labute approximate surface area is 145 Å². The highest BCUT2D eigenvalue weighted by molar-refractivity contribution is 7.14. The Balaban J connectivity index is 1.83. The Morgan fingerprint density at radius 1 is 1.08 bits per heavy atom. The van der Waals surface area contributed by atoms with E-state index in [9.17, 15) is 4.79 Å². The van der Waals surface area contributed by atoms with E-state index in [-0.39, 0.29) is 12.5 Å². The van der Waals surface area contributed by atoms with E-state index in [1.807, 2.05) is 73.8 Å². The van der Waals surface area contributed by atoms with Gasteiger partial charge in [-0.25, -0.2) is 4.98 Å². The molecule has 24 heavy (non-hydrogen) atoms. The highest BCUT2D eigenvalue weighted by Crippen LogP contribution is 2.28. The van der Waals surface area contributed by atoms with Crippen LogP contribution in [-0.2, 0) is 4.79 Å². The molecule has 0 saturated heterocycles. The summed E-state index contributed by atoms with van der Waals surface area (Å²) in [5.74, 6) is 0.563. The zero-order valence-electron chi connectivity index (χ0n) is 13.6. The lowest BCUT2D eigenvalue weighted by Gasteiger charge is -2.20. The summed E-state index contributed by atoms with van der Waals surface area (Å²) in [5.41, 5.74) is 2.68. The number of ether oxygens (including phenoxy) is 1. The lowest BCUT2D eigenvalue weighted by molar-refractivity contribution is -0.119. The number of carbonyl (C=O) groups excluding carboxylic acids is 1. The molecule has 0 aliphatic carbocycles. The first-order valence-electron chi connectivity index (χ1n) is 7.64. The maximum absolute atomic E-state index is 12.8. The number of thiazole rings is 1. The Kier molecular flexibility index (Phi) is 4.91. The molecule has 0 aliphatic heterocycles. The quantitative estimate of drug-likeness (QED) is 0.688. The molecule has 1 aromatic heterocycles. The molecule has 0 saturated carbocycles. The molecule has 0 unspecified atom stereocenters. The van der Waals surface area contributed by atoms with Crippen LogP contribution in [0.15, 0.2) is 60.0 Å². The third-order valence-corrected chi connectivity index (χ3v) is 4.45. The highest BCUT2D eigenvalue weighted by Gasteiger charge is 2.21. The van der Waals surface area contributed by atoms with Crippen LogP contribution >= 0.6 is 11.3 Å². The average Bonchev–Trinajstić information content (AvgIpc) is 3.01. The first kappa shape index (κ1) is 16.2. The van der Waals surface area contributed by atoms with E-state index < -0.39 is 0 Å². The summed E-state index contributed by atoms with van der Waals surface area (Å²) in [6, 6.07) is 17.2. The average molecular weight is 338 g/mol. The number of nitrogens with zero attached hydrogens (tertiary/aromatic N) is 2. The number of aromatic nitrogens is 1. The Bertz CT molecular complexity index is 830. The monoisotopic (exact) mass is 338 g/mol. The van der Waals surface area contributed by atoms with Gasteiger partial charge >= 0.3 is 0 Å². The molecule has 5 heteroatoms. The topological polar surface area (TPSA) is 42.4 Å². The van der Waals surface area contributed by atoms with Crippen LogP contribution in [0.25, 0.3) is 0 Å². The molecule has 0 aliphatic rings. The summed E-state index contributed by atoms with van der Waals surface area (Å²) in [4.78, 5) is 18.9. The number of hydrogen-bond donors (Lipinski definition) is 0. The molecule has 1 amide bonds. The summed E-state index contributed by atoms with van der Waals surface area (Å²) in [6.45, 7) is 3.83. The molecule has 3 rings (SSSR count). The maximum Gasteiger partial charge on any atom is 0.271 e. The van der Waals surface area contributed by atoms with Gasteiger partial charge in [-0.1, -0.05) is 36.4 Å². The lowest BCUT2D eigenvalue weighted by Crippen LogP contribution is -2.31. The smallest absolute Gasteiger partial charge is 0.271 e. The number of carbonyl (C=O) groups is 1. The van der Waals surface area contributed by atoms with Crippen molar-refractivity contribution in [2.75, 3.05) is 11.5 Å². The molecule has 0 bridgehead atoms. The van der Waals surface area contributed by atoms with Crippen molar-refractivity contribution in [2.24, 2.45) is 0 Å². The van der Waals surface area contributed by atoms with E-state index in [0.717, 1.165) is 16.9 Å². The number of amides is 1. The van der Waals surface area contributed by atoms with Gasteiger partial charge in [-0.2, -0.15) is 0 Å². The Hall–Kier alpha value is -2.66. The van der Waals surface area contributed by atoms with Crippen molar-refractivity contribution in [2.45, 2.75) is 13.8 Å². The Morgan fingerprint density at radius 2 is 1.79 bits per heavy atom. The van der Waals surface area contributed by atoms with Crippen LogP contribution < -0.4 is 9.64 Å². The normalized spacial score (nSPS) is 10.4. The number of para-hydroxylation sites is 2. The fourth-order valence-corrected chi connectivity index (χ4v) is 3.14. The second-order valence-electron chi connectivity index (χ2n) is 5.39. The van der Waals surface area contributed by atoms with Crippen LogP contribution in [0.2, 0.25) is 0 Å². The standard InChI is InChI=1S/C19H18N2O2S/c1-14-8-6-7-11-17(14)23-12-18(22)21(16-9-4-3-5-10-16)19-20-15(2)13-24-19/h3-11,13H,12H2,1-2H3. The number of anilines is 2. The van der Waals surface area contributed by atoms with Gasteiger partial charge in [0.2, 0.25) is 0 Å². The van der Waals surface area contributed by atoms with Crippen LogP contribution in [0.3, 0.4) is 0 Å². The van der Waals surface area contributed by atoms with E-state index in [2.05, 4.69) is 4.98 Å². The van der Waals surface area contributed by atoms with Crippen molar-refractivity contribution in [3.05, 3.63) is 71.2 Å². The molecule has 1 heterocycles. The third kappa shape index (κ3) is 3.63. The molecule has 2 aromatic carbocycles. The van der Waals surface area contributed by atoms with Crippen molar-refractivity contribution in [3.63, 3.8) is 0 Å². The highest BCUT2D eigenvalue weighted by atomic mass is 32.1. The predicted octanol–water partition coefficient (Wildman–Crippen LogP) is 4.50. The molecule has 122 valence electrons. The minimum atomic E-state index is -0.154. The van der Waals surface area contributed by atoms with Gasteiger partial charge in [0.25, 0.3) is 5.91 Å². The van der Waals surface area contributed by atoms with Crippen LogP contribution in [0.4, 0.5) is 10.8 Å². The van der Waals surface area contributed by atoms with Crippen LogP contribution in [0, 0.1) is 13.8 Å². The lowest BCUT2D eigenvalue weighted by atomic mass is 10.2. The maximum atomic E-state index is 12.8. The van der Waals surface area contributed by atoms with Crippen molar-refractivity contribution in [1.82, 2.24) is 4.98 Å². The zero-order valence-corrected chi connectivity index (χ0v) is 14.4. The molecule has 0 atom stereocenters.